The number of hydrogen-bond acceptors (Lipinski definition) is 3. The van der Waals surface area contributed by atoms with E-state index in [0.717, 1.165) is 18.2 Å². The van der Waals surface area contributed by atoms with Gasteiger partial charge < -0.3 is 10.2 Å². The van der Waals surface area contributed by atoms with Crippen LogP contribution < -0.4 is 5.32 Å². The van der Waals surface area contributed by atoms with Gasteiger partial charge in [0.25, 0.3) is 0 Å². The molecule has 1 N–H and O–H groups in total. The predicted molar refractivity (Wildman–Crippen MR) is 109 cm³/mol. The van der Waals surface area contributed by atoms with Crippen molar-refractivity contribution in [3.63, 3.8) is 0 Å². The lowest BCUT2D eigenvalue weighted by Gasteiger charge is -2.35. The number of hydrogen-bond donors (Lipinski definition) is 1. The van der Waals surface area contributed by atoms with Crippen LogP contribution in [0, 0.1) is 5.82 Å². The van der Waals surface area contributed by atoms with Crippen molar-refractivity contribution >= 4 is 33.0 Å². The molecule has 144 valence electrons. The standard InChI is InChI=1S/C19H22FN3O2S2/c1-2-15-6-5-7-16(14-15)21-19(26)22-10-12-23(13-11-22)27(24,25)18-9-4-3-8-17(18)20/h3-9,14H,2,10-13H2,1H3,(H,21,26). The molecule has 1 aliphatic heterocycles. The Morgan fingerprint density at radius 2 is 1.81 bits per heavy atom. The first-order valence-corrected chi connectivity index (χ1v) is 10.7. The zero-order valence-electron chi connectivity index (χ0n) is 15.1. The van der Waals surface area contributed by atoms with E-state index in [1.165, 1.54) is 28.1 Å². The molecule has 1 aliphatic rings. The van der Waals surface area contributed by atoms with Crippen molar-refractivity contribution in [2.45, 2.75) is 18.2 Å². The van der Waals surface area contributed by atoms with Crippen LogP contribution >= 0.6 is 12.2 Å². The van der Waals surface area contributed by atoms with Crippen LogP contribution in [-0.4, -0.2) is 48.9 Å². The molecule has 1 heterocycles. The molecule has 3 rings (SSSR count). The zero-order valence-corrected chi connectivity index (χ0v) is 16.7. The minimum absolute atomic E-state index is 0.257. The van der Waals surface area contributed by atoms with Gasteiger partial charge in [-0.3, -0.25) is 0 Å². The molecule has 0 aromatic heterocycles. The Labute approximate surface area is 164 Å². The third kappa shape index (κ3) is 4.45. The summed E-state index contributed by atoms with van der Waals surface area (Å²) in [6, 6.07) is 13.5. The lowest BCUT2D eigenvalue weighted by molar-refractivity contribution is 0.268. The van der Waals surface area contributed by atoms with Gasteiger partial charge in [0.1, 0.15) is 10.7 Å². The smallest absolute Gasteiger partial charge is 0.246 e. The van der Waals surface area contributed by atoms with Crippen LogP contribution in [-0.2, 0) is 16.4 Å². The molecule has 2 aromatic carbocycles. The van der Waals surface area contributed by atoms with E-state index in [4.69, 9.17) is 12.2 Å². The van der Waals surface area contributed by atoms with Gasteiger partial charge in [-0.15, -0.1) is 0 Å². The second-order valence-corrected chi connectivity index (χ2v) is 8.60. The average Bonchev–Trinajstić information content (AvgIpc) is 2.68. The third-order valence-electron chi connectivity index (χ3n) is 4.57. The molecule has 0 radical (unpaired) electrons. The number of anilines is 1. The number of nitrogens with one attached hydrogen (secondary N) is 1. The quantitative estimate of drug-likeness (QED) is 0.790. The van der Waals surface area contributed by atoms with E-state index >= 15 is 0 Å². The maximum atomic E-state index is 13.9. The summed E-state index contributed by atoms with van der Waals surface area (Å²) in [5, 5.41) is 3.77. The number of halogens is 1. The van der Waals surface area contributed by atoms with Crippen LogP contribution in [0.3, 0.4) is 0 Å². The third-order valence-corrected chi connectivity index (χ3v) is 6.86. The highest BCUT2D eigenvalue weighted by molar-refractivity contribution is 7.89. The second-order valence-electron chi connectivity index (χ2n) is 6.31. The summed E-state index contributed by atoms with van der Waals surface area (Å²) in [7, 11) is -3.84. The molecule has 0 bridgehead atoms. The summed E-state index contributed by atoms with van der Waals surface area (Å²) in [4.78, 5) is 1.65. The van der Waals surface area contributed by atoms with Crippen molar-refractivity contribution < 1.29 is 12.8 Å². The number of nitrogens with zero attached hydrogens (tertiary/aromatic N) is 2. The van der Waals surface area contributed by atoms with Gasteiger partial charge in [0.2, 0.25) is 10.0 Å². The minimum atomic E-state index is -3.84. The highest BCUT2D eigenvalue weighted by atomic mass is 32.2. The van der Waals surface area contributed by atoms with Gasteiger partial charge in [0.15, 0.2) is 5.11 Å². The summed E-state index contributed by atoms with van der Waals surface area (Å²) in [5.74, 6) is -0.729. The van der Waals surface area contributed by atoms with Crippen LogP contribution in [0.25, 0.3) is 0 Å². The van der Waals surface area contributed by atoms with E-state index in [9.17, 15) is 12.8 Å². The van der Waals surface area contributed by atoms with E-state index in [-0.39, 0.29) is 18.0 Å². The average molecular weight is 408 g/mol. The maximum Gasteiger partial charge on any atom is 0.246 e. The molecule has 0 aliphatic carbocycles. The molecule has 2 aromatic rings. The van der Waals surface area contributed by atoms with Crippen LogP contribution in [0.4, 0.5) is 10.1 Å². The fourth-order valence-electron chi connectivity index (χ4n) is 3.00. The lowest BCUT2D eigenvalue weighted by atomic mass is 10.1. The monoisotopic (exact) mass is 407 g/mol. The highest BCUT2D eigenvalue weighted by Crippen LogP contribution is 2.21. The van der Waals surface area contributed by atoms with E-state index in [0.29, 0.717) is 18.2 Å². The SMILES string of the molecule is CCc1cccc(NC(=S)N2CCN(S(=O)(=O)c3ccccc3F)CC2)c1. The second kappa shape index (κ2) is 8.33. The predicted octanol–water partition coefficient (Wildman–Crippen LogP) is 3.09. The first-order valence-electron chi connectivity index (χ1n) is 8.81. The van der Waals surface area contributed by atoms with Crippen LogP contribution in [0.5, 0.6) is 0 Å². The minimum Gasteiger partial charge on any atom is -0.346 e. The van der Waals surface area contributed by atoms with E-state index in [2.05, 4.69) is 18.3 Å². The number of rotatable bonds is 4. The molecule has 0 unspecified atom stereocenters. The molecule has 0 atom stereocenters. The van der Waals surface area contributed by atoms with Gasteiger partial charge in [-0.05, 0) is 48.5 Å². The Morgan fingerprint density at radius 1 is 1.11 bits per heavy atom. The van der Waals surface area contributed by atoms with Gasteiger partial charge >= 0.3 is 0 Å². The highest BCUT2D eigenvalue weighted by Gasteiger charge is 2.31. The van der Waals surface area contributed by atoms with Crippen molar-refractivity contribution in [3.8, 4) is 0 Å². The fourth-order valence-corrected chi connectivity index (χ4v) is 4.78. The maximum absolute atomic E-state index is 13.9. The van der Waals surface area contributed by atoms with E-state index in [1.54, 1.807) is 0 Å². The van der Waals surface area contributed by atoms with Crippen molar-refractivity contribution in [3.05, 3.63) is 59.9 Å². The molecule has 8 heteroatoms. The lowest BCUT2D eigenvalue weighted by Crippen LogP contribution is -2.51. The molecule has 0 spiro atoms. The summed E-state index contributed by atoms with van der Waals surface area (Å²) in [6.45, 7) is 3.51. The van der Waals surface area contributed by atoms with Gasteiger partial charge in [0.05, 0.1) is 0 Å². The summed E-state index contributed by atoms with van der Waals surface area (Å²) in [6.07, 6.45) is 0.939. The van der Waals surface area contributed by atoms with Gasteiger partial charge in [0, 0.05) is 31.9 Å². The van der Waals surface area contributed by atoms with Crippen LogP contribution in [0.2, 0.25) is 0 Å². The molecule has 1 saturated heterocycles. The van der Waals surface area contributed by atoms with Crippen LogP contribution in [0.15, 0.2) is 53.4 Å². The van der Waals surface area contributed by atoms with Crippen LogP contribution in [0.1, 0.15) is 12.5 Å². The Kier molecular flexibility index (Phi) is 6.08. The van der Waals surface area contributed by atoms with Crippen molar-refractivity contribution in [2.24, 2.45) is 0 Å². The number of benzene rings is 2. The summed E-state index contributed by atoms with van der Waals surface area (Å²) < 4.78 is 40.5. The molecule has 27 heavy (non-hydrogen) atoms. The summed E-state index contributed by atoms with van der Waals surface area (Å²) in [5.41, 5.74) is 2.13. The molecular formula is C19H22FN3O2S2. The van der Waals surface area contributed by atoms with Crippen molar-refractivity contribution in [2.75, 3.05) is 31.5 Å². The molecular weight excluding hydrogens is 385 g/mol. The van der Waals surface area contributed by atoms with Gasteiger partial charge in [-0.2, -0.15) is 4.31 Å². The van der Waals surface area contributed by atoms with E-state index in [1.807, 2.05) is 23.1 Å². The number of thiocarbonyl (C=S) groups is 1. The topological polar surface area (TPSA) is 52.6 Å². The number of aryl methyl sites for hydroxylation is 1. The first-order chi connectivity index (χ1) is 12.9. The number of sulfonamides is 1. The molecule has 1 fully saturated rings. The molecule has 5 nitrogen and oxygen atoms in total. The van der Waals surface area contributed by atoms with Crippen molar-refractivity contribution in [1.82, 2.24) is 9.21 Å². The molecule has 0 saturated carbocycles. The zero-order chi connectivity index (χ0) is 19.4. The van der Waals surface area contributed by atoms with Crippen molar-refractivity contribution in [1.29, 1.82) is 0 Å². The van der Waals surface area contributed by atoms with Gasteiger partial charge in [-0.25, -0.2) is 12.8 Å². The summed E-state index contributed by atoms with van der Waals surface area (Å²) >= 11 is 5.47. The normalized spacial score (nSPS) is 15.6. The Bertz CT molecular complexity index is 926. The Balaban J connectivity index is 1.63. The Morgan fingerprint density at radius 3 is 2.48 bits per heavy atom. The number of piperazine rings is 1. The first kappa shape index (κ1) is 19.7. The van der Waals surface area contributed by atoms with E-state index < -0.39 is 15.8 Å². The van der Waals surface area contributed by atoms with Gasteiger partial charge in [-0.1, -0.05) is 31.2 Å². The fraction of sp³-hybridized carbons (Fsp3) is 0.316. The Hall–Kier alpha value is -2.03. The largest absolute Gasteiger partial charge is 0.346 e. The molecule has 0 amide bonds.